The number of allylic oxidation sites excluding steroid dienone is 1. The summed E-state index contributed by atoms with van der Waals surface area (Å²) >= 11 is 1.45. The van der Waals surface area contributed by atoms with E-state index >= 15 is 0 Å². The van der Waals surface area contributed by atoms with Gasteiger partial charge in [0.05, 0.1) is 5.37 Å². The lowest BCUT2D eigenvalue weighted by Crippen LogP contribution is -2.71. The number of β-lactam (4-membered cyclic amide) rings is 1. The minimum absolute atomic E-state index is 0.0221. The SMILES string of the molecule is CC(C)(C)OC(=O)[C@H]1C(C(=O)OCc2ccccc2)=CC[C@]12C(=O)N1[C@@H](C(=O)OC(c3ccccc3)c3ccccc3)C(C)(C)S[C@@H]12. The molecule has 9 heteroatoms. The van der Waals surface area contributed by atoms with Crippen molar-refractivity contribution in [2.24, 2.45) is 11.3 Å². The molecule has 3 aromatic rings. The first kappa shape index (κ1) is 32.6. The molecule has 47 heavy (non-hydrogen) atoms. The van der Waals surface area contributed by atoms with Gasteiger partial charge in [-0.15, -0.1) is 11.8 Å². The highest BCUT2D eigenvalue weighted by molar-refractivity contribution is 8.01. The van der Waals surface area contributed by atoms with Gasteiger partial charge in [0.2, 0.25) is 5.91 Å². The fourth-order valence-electron chi connectivity index (χ4n) is 6.85. The van der Waals surface area contributed by atoms with Gasteiger partial charge in [0, 0.05) is 10.3 Å². The number of thioether (sulfide) groups is 1. The van der Waals surface area contributed by atoms with E-state index in [-0.39, 0.29) is 24.5 Å². The van der Waals surface area contributed by atoms with Crippen molar-refractivity contribution in [1.29, 1.82) is 0 Å². The van der Waals surface area contributed by atoms with Crippen molar-refractivity contribution < 1.29 is 33.4 Å². The van der Waals surface area contributed by atoms with Gasteiger partial charge in [-0.2, -0.15) is 0 Å². The zero-order chi connectivity index (χ0) is 33.6. The van der Waals surface area contributed by atoms with E-state index in [2.05, 4.69) is 0 Å². The number of hydrogen-bond acceptors (Lipinski definition) is 8. The van der Waals surface area contributed by atoms with Crippen molar-refractivity contribution in [3.8, 4) is 0 Å². The molecule has 3 aromatic carbocycles. The van der Waals surface area contributed by atoms with Crippen molar-refractivity contribution in [2.75, 3.05) is 0 Å². The number of fused-ring (bicyclic) bond motifs is 2. The van der Waals surface area contributed by atoms with E-state index in [1.807, 2.05) is 105 Å². The summed E-state index contributed by atoms with van der Waals surface area (Å²) in [5, 5.41) is -0.567. The van der Waals surface area contributed by atoms with Crippen LogP contribution in [0, 0.1) is 11.3 Å². The largest absolute Gasteiger partial charge is 0.459 e. The Kier molecular flexibility index (Phi) is 8.55. The van der Waals surface area contributed by atoms with Crippen LogP contribution in [0.2, 0.25) is 0 Å². The average Bonchev–Trinajstić information content (AvgIpc) is 3.59. The van der Waals surface area contributed by atoms with Crippen LogP contribution in [0.5, 0.6) is 0 Å². The lowest BCUT2D eigenvalue weighted by atomic mass is 9.67. The van der Waals surface area contributed by atoms with Crippen LogP contribution in [0.1, 0.15) is 63.8 Å². The van der Waals surface area contributed by atoms with Gasteiger partial charge in [0.1, 0.15) is 29.6 Å². The van der Waals surface area contributed by atoms with E-state index in [4.69, 9.17) is 14.2 Å². The van der Waals surface area contributed by atoms with E-state index in [0.29, 0.717) is 0 Å². The second kappa shape index (κ2) is 12.3. The van der Waals surface area contributed by atoms with Crippen LogP contribution >= 0.6 is 11.8 Å². The number of nitrogens with zero attached hydrogens (tertiary/aromatic N) is 1. The number of rotatable bonds is 8. The van der Waals surface area contributed by atoms with Gasteiger partial charge in [0.25, 0.3) is 0 Å². The minimum Gasteiger partial charge on any atom is -0.459 e. The zero-order valence-corrected chi connectivity index (χ0v) is 28.0. The minimum atomic E-state index is -1.29. The lowest BCUT2D eigenvalue weighted by Gasteiger charge is -2.54. The van der Waals surface area contributed by atoms with Crippen molar-refractivity contribution in [3.05, 3.63) is 119 Å². The Morgan fingerprint density at radius 2 is 1.43 bits per heavy atom. The van der Waals surface area contributed by atoms with Gasteiger partial charge in [-0.05, 0) is 57.7 Å². The second-order valence-corrected chi connectivity index (χ2v) is 15.5. The third-order valence-corrected chi connectivity index (χ3v) is 10.6. The van der Waals surface area contributed by atoms with E-state index in [1.54, 1.807) is 31.7 Å². The molecule has 4 atom stereocenters. The Morgan fingerprint density at radius 3 is 1.98 bits per heavy atom. The summed E-state index contributed by atoms with van der Waals surface area (Å²) < 4.78 is 16.9. The highest BCUT2D eigenvalue weighted by Gasteiger charge is 2.76. The maximum atomic E-state index is 14.4. The first-order chi connectivity index (χ1) is 22.3. The molecular weight excluding hydrogens is 614 g/mol. The van der Waals surface area contributed by atoms with Gasteiger partial charge >= 0.3 is 17.9 Å². The predicted molar refractivity (Wildman–Crippen MR) is 178 cm³/mol. The van der Waals surface area contributed by atoms with Crippen LogP contribution in [-0.4, -0.2) is 50.5 Å². The molecule has 1 aliphatic carbocycles. The van der Waals surface area contributed by atoms with Gasteiger partial charge in [-0.3, -0.25) is 9.59 Å². The van der Waals surface area contributed by atoms with Crippen LogP contribution in [0.15, 0.2) is 103 Å². The molecule has 2 fully saturated rings. The topological polar surface area (TPSA) is 99.2 Å². The fourth-order valence-corrected chi connectivity index (χ4v) is 8.64. The molecule has 0 bridgehead atoms. The average molecular weight is 654 g/mol. The van der Waals surface area contributed by atoms with Crippen LogP contribution in [0.4, 0.5) is 0 Å². The van der Waals surface area contributed by atoms with Gasteiger partial charge in [0.15, 0.2) is 6.10 Å². The summed E-state index contributed by atoms with van der Waals surface area (Å²) in [6.45, 7) is 9.07. The summed E-state index contributed by atoms with van der Waals surface area (Å²) in [7, 11) is 0. The maximum absolute atomic E-state index is 14.4. The molecule has 8 nitrogen and oxygen atoms in total. The Labute approximate surface area is 279 Å². The molecule has 6 rings (SSSR count). The molecule has 0 unspecified atom stereocenters. The van der Waals surface area contributed by atoms with E-state index in [1.165, 1.54) is 11.8 Å². The number of amides is 1. The van der Waals surface area contributed by atoms with Crippen LogP contribution in [0.3, 0.4) is 0 Å². The predicted octanol–water partition coefficient (Wildman–Crippen LogP) is 6.40. The van der Waals surface area contributed by atoms with Gasteiger partial charge in [-0.1, -0.05) is 97.1 Å². The molecule has 1 spiro atoms. The molecule has 0 N–H and O–H groups in total. The van der Waals surface area contributed by atoms with Gasteiger partial charge in [-0.25, -0.2) is 9.59 Å². The second-order valence-electron chi connectivity index (χ2n) is 13.8. The Balaban J connectivity index is 1.28. The summed E-state index contributed by atoms with van der Waals surface area (Å²) in [6.07, 6.45) is 1.11. The number of ether oxygens (including phenoxy) is 3. The third-order valence-electron chi connectivity index (χ3n) is 8.92. The quantitative estimate of drug-likeness (QED) is 0.157. The highest BCUT2D eigenvalue weighted by atomic mass is 32.2. The Hall–Kier alpha value is -4.37. The van der Waals surface area contributed by atoms with Crippen LogP contribution < -0.4 is 0 Å². The zero-order valence-electron chi connectivity index (χ0n) is 27.2. The lowest BCUT2D eigenvalue weighted by molar-refractivity contribution is -0.188. The molecule has 0 saturated carbocycles. The number of carbonyl (C=O) groups is 4. The Morgan fingerprint density at radius 1 is 0.872 bits per heavy atom. The summed E-state index contributed by atoms with van der Waals surface area (Å²) in [5.41, 5.74) is 0.376. The van der Waals surface area contributed by atoms with E-state index < -0.39 is 57.1 Å². The van der Waals surface area contributed by atoms with Gasteiger partial charge < -0.3 is 19.1 Å². The standard InChI is InChI=1S/C38H39NO7S/c1-36(2,3)46-32(41)28-27(31(40)44-23-24-15-9-6-10-16-24)21-22-38(28)34(43)39-30(37(4,5)47-35(38)39)33(42)45-29(25-17-11-7-12-18-25)26-19-13-8-14-20-26/h6-21,28-30,35H,22-23H2,1-5H3/t28-,30+,35-,38-/m1/s1. The monoisotopic (exact) mass is 653 g/mol. The smallest absolute Gasteiger partial charge is 0.334 e. The highest BCUT2D eigenvalue weighted by Crippen LogP contribution is 2.66. The van der Waals surface area contributed by atoms with Crippen molar-refractivity contribution in [2.45, 2.75) is 75.5 Å². The molecule has 0 radical (unpaired) electrons. The van der Waals surface area contributed by atoms with Crippen LogP contribution in [-0.2, 0) is 40.0 Å². The molecule has 244 valence electrons. The third kappa shape index (κ3) is 5.97. The number of benzene rings is 3. The molecule has 2 heterocycles. The van der Waals surface area contributed by atoms with Crippen molar-refractivity contribution >= 4 is 35.6 Å². The number of esters is 3. The molecule has 1 amide bonds. The maximum Gasteiger partial charge on any atom is 0.334 e. The molecule has 2 saturated heterocycles. The summed E-state index contributed by atoms with van der Waals surface area (Å²) in [6, 6.07) is 27.3. The number of carbonyl (C=O) groups excluding carboxylic acids is 4. The molecule has 2 aliphatic heterocycles. The van der Waals surface area contributed by atoms with E-state index in [9.17, 15) is 19.2 Å². The first-order valence-corrected chi connectivity index (χ1v) is 16.7. The summed E-state index contributed by atoms with van der Waals surface area (Å²) in [4.78, 5) is 57.5. The molecular formula is C38H39NO7S. The molecule has 3 aliphatic rings. The summed E-state index contributed by atoms with van der Waals surface area (Å²) in [5.74, 6) is -3.42. The first-order valence-electron chi connectivity index (χ1n) is 15.8. The number of hydrogen-bond donors (Lipinski definition) is 0. The van der Waals surface area contributed by atoms with Crippen molar-refractivity contribution in [1.82, 2.24) is 4.90 Å². The van der Waals surface area contributed by atoms with E-state index in [0.717, 1.165) is 16.7 Å². The fraction of sp³-hybridized carbons (Fsp3) is 0.368. The Bertz CT molecular complexity index is 1660. The molecule has 0 aromatic heterocycles. The van der Waals surface area contributed by atoms with Crippen LogP contribution in [0.25, 0.3) is 0 Å². The normalized spacial score (nSPS) is 24.4. The van der Waals surface area contributed by atoms with Crippen molar-refractivity contribution in [3.63, 3.8) is 0 Å².